The molecular weight excluding hydrogens is 313 g/mol. The number of benzene rings is 1. The summed E-state index contributed by atoms with van der Waals surface area (Å²) in [6.45, 7) is 4.59. The summed E-state index contributed by atoms with van der Waals surface area (Å²) in [7, 11) is 0. The second-order valence-corrected chi connectivity index (χ2v) is 5.86. The van der Waals surface area contributed by atoms with Gasteiger partial charge in [-0.25, -0.2) is 0 Å². The smallest absolute Gasteiger partial charge is 0.0589 e. The van der Waals surface area contributed by atoms with E-state index in [1.807, 2.05) is 0 Å². The van der Waals surface area contributed by atoms with E-state index >= 15 is 0 Å². The van der Waals surface area contributed by atoms with Gasteiger partial charge in [-0.15, -0.1) is 0 Å². The fourth-order valence-corrected chi connectivity index (χ4v) is 2.76. The van der Waals surface area contributed by atoms with Crippen LogP contribution in [-0.2, 0) is 6.54 Å². The second kappa shape index (κ2) is 5.47. The molecule has 0 radical (unpaired) electrons. The van der Waals surface area contributed by atoms with Crippen LogP contribution in [0.3, 0.4) is 0 Å². The standard InChI is InChI=1S/C13H18INO/c1-10-6-7-15(13(10)9-16)8-11-2-4-12(14)5-3-11/h2-5,10,13,16H,6-9H2,1H3. The maximum atomic E-state index is 9.39. The van der Waals surface area contributed by atoms with Gasteiger partial charge in [-0.2, -0.15) is 0 Å². The molecule has 0 aliphatic carbocycles. The molecule has 2 unspecified atom stereocenters. The van der Waals surface area contributed by atoms with Crippen molar-refractivity contribution in [3.63, 3.8) is 0 Å². The SMILES string of the molecule is CC1CCN(Cc2ccc(I)cc2)C1CO. The molecule has 0 saturated carbocycles. The summed E-state index contributed by atoms with van der Waals surface area (Å²) in [5, 5.41) is 9.39. The van der Waals surface area contributed by atoms with Crippen molar-refractivity contribution >= 4 is 22.6 Å². The molecule has 1 heterocycles. The van der Waals surface area contributed by atoms with E-state index in [9.17, 15) is 5.11 Å². The number of nitrogens with zero attached hydrogens (tertiary/aromatic N) is 1. The molecule has 0 amide bonds. The highest BCUT2D eigenvalue weighted by Gasteiger charge is 2.30. The Hall–Kier alpha value is -0.130. The van der Waals surface area contributed by atoms with E-state index < -0.39 is 0 Å². The van der Waals surface area contributed by atoms with Crippen molar-refractivity contribution in [1.82, 2.24) is 4.90 Å². The van der Waals surface area contributed by atoms with Crippen LogP contribution in [0.15, 0.2) is 24.3 Å². The minimum atomic E-state index is 0.283. The van der Waals surface area contributed by atoms with Crippen molar-refractivity contribution < 1.29 is 5.11 Å². The first-order valence-electron chi connectivity index (χ1n) is 5.80. The van der Waals surface area contributed by atoms with Crippen LogP contribution in [0, 0.1) is 9.49 Å². The van der Waals surface area contributed by atoms with E-state index in [0.29, 0.717) is 12.0 Å². The van der Waals surface area contributed by atoms with Gasteiger partial charge in [0.1, 0.15) is 0 Å². The second-order valence-electron chi connectivity index (χ2n) is 4.61. The average molecular weight is 331 g/mol. The van der Waals surface area contributed by atoms with Crippen LogP contribution in [0.4, 0.5) is 0 Å². The lowest BCUT2D eigenvalue weighted by molar-refractivity contribution is 0.134. The monoisotopic (exact) mass is 331 g/mol. The highest BCUT2D eigenvalue weighted by Crippen LogP contribution is 2.25. The number of likely N-dealkylation sites (tertiary alicyclic amines) is 1. The summed E-state index contributed by atoms with van der Waals surface area (Å²) in [5.41, 5.74) is 1.34. The Kier molecular flexibility index (Phi) is 4.21. The lowest BCUT2D eigenvalue weighted by Crippen LogP contribution is -2.34. The Morgan fingerprint density at radius 2 is 2.06 bits per heavy atom. The Balaban J connectivity index is 2.01. The summed E-state index contributed by atoms with van der Waals surface area (Å²) in [5.74, 6) is 0.619. The maximum absolute atomic E-state index is 9.39. The van der Waals surface area contributed by atoms with Gasteiger partial charge in [0.15, 0.2) is 0 Å². The van der Waals surface area contributed by atoms with Crippen molar-refractivity contribution in [2.75, 3.05) is 13.2 Å². The molecule has 2 atom stereocenters. The first-order chi connectivity index (χ1) is 7.70. The van der Waals surface area contributed by atoms with E-state index in [0.717, 1.165) is 13.1 Å². The predicted molar refractivity (Wildman–Crippen MR) is 74.2 cm³/mol. The minimum absolute atomic E-state index is 0.283. The lowest BCUT2D eigenvalue weighted by Gasteiger charge is -2.25. The summed E-state index contributed by atoms with van der Waals surface area (Å²) >= 11 is 2.32. The van der Waals surface area contributed by atoms with Gasteiger partial charge in [-0.1, -0.05) is 19.1 Å². The zero-order chi connectivity index (χ0) is 11.5. The molecule has 1 aromatic rings. The van der Waals surface area contributed by atoms with Crippen LogP contribution in [0.1, 0.15) is 18.9 Å². The van der Waals surface area contributed by atoms with Gasteiger partial charge in [0.2, 0.25) is 0 Å². The average Bonchev–Trinajstić information content (AvgIpc) is 2.63. The van der Waals surface area contributed by atoms with Crippen LogP contribution in [-0.4, -0.2) is 29.2 Å². The predicted octanol–water partition coefficient (Wildman–Crippen LogP) is 2.49. The van der Waals surface area contributed by atoms with Gasteiger partial charge in [0.25, 0.3) is 0 Å². The van der Waals surface area contributed by atoms with Crippen molar-refractivity contribution in [3.05, 3.63) is 33.4 Å². The van der Waals surface area contributed by atoms with Crippen molar-refractivity contribution in [3.8, 4) is 0 Å². The molecule has 16 heavy (non-hydrogen) atoms. The van der Waals surface area contributed by atoms with Crippen molar-refractivity contribution in [2.45, 2.75) is 25.9 Å². The number of hydrogen-bond donors (Lipinski definition) is 1. The maximum Gasteiger partial charge on any atom is 0.0589 e. The summed E-state index contributed by atoms with van der Waals surface area (Å²) in [6, 6.07) is 8.99. The molecule has 1 fully saturated rings. The van der Waals surface area contributed by atoms with E-state index in [1.165, 1.54) is 15.6 Å². The van der Waals surface area contributed by atoms with Crippen molar-refractivity contribution in [2.24, 2.45) is 5.92 Å². The number of halogens is 1. The van der Waals surface area contributed by atoms with Gasteiger partial charge in [-0.3, -0.25) is 4.90 Å². The minimum Gasteiger partial charge on any atom is -0.395 e. The molecule has 1 saturated heterocycles. The molecule has 1 aromatic carbocycles. The molecule has 2 rings (SSSR count). The van der Waals surface area contributed by atoms with Gasteiger partial charge in [-0.05, 0) is 59.2 Å². The van der Waals surface area contributed by atoms with Crippen molar-refractivity contribution in [1.29, 1.82) is 0 Å². The summed E-state index contributed by atoms with van der Waals surface area (Å²) < 4.78 is 1.27. The first-order valence-corrected chi connectivity index (χ1v) is 6.88. The quantitative estimate of drug-likeness (QED) is 0.861. The zero-order valence-electron chi connectivity index (χ0n) is 9.56. The number of rotatable bonds is 3. The Bertz CT molecular complexity index is 338. The molecule has 0 bridgehead atoms. The topological polar surface area (TPSA) is 23.5 Å². The molecule has 1 N–H and O–H groups in total. The normalized spacial score (nSPS) is 26.2. The van der Waals surface area contributed by atoms with Crippen LogP contribution >= 0.6 is 22.6 Å². The largest absolute Gasteiger partial charge is 0.395 e. The molecule has 2 nitrogen and oxygen atoms in total. The molecule has 3 heteroatoms. The van der Waals surface area contributed by atoms with Crippen LogP contribution in [0.5, 0.6) is 0 Å². The number of aliphatic hydroxyl groups is 1. The van der Waals surface area contributed by atoms with Crippen LogP contribution in [0.2, 0.25) is 0 Å². The Labute approximate surface area is 111 Å². The third-order valence-electron chi connectivity index (χ3n) is 3.48. The first kappa shape index (κ1) is 12.3. The molecule has 1 aliphatic rings. The molecule has 0 aromatic heterocycles. The highest BCUT2D eigenvalue weighted by molar-refractivity contribution is 14.1. The van der Waals surface area contributed by atoms with E-state index in [4.69, 9.17) is 0 Å². The summed E-state index contributed by atoms with van der Waals surface area (Å²) in [4.78, 5) is 2.40. The number of hydrogen-bond acceptors (Lipinski definition) is 2. The van der Waals surface area contributed by atoms with E-state index in [-0.39, 0.29) is 6.61 Å². The zero-order valence-corrected chi connectivity index (χ0v) is 11.7. The molecular formula is C13H18INO. The fraction of sp³-hybridized carbons (Fsp3) is 0.538. The highest BCUT2D eigenvalue weighted by atomic mass is 127. The van der Waals surface area contributed by atoms with Crippen LogP contribution in [0.25, 0.3) is 0 Å². The van der Waals surface area contributed by atoms with Gasteiger partial charge in [0, 0.05) is 16.2 Å². The van der Waals surface area contributed by atoms with Crippen LogP contribution < -0.4 is 0 Å². The third-order valence-corrected chi connectivity index (χ3v) is 4.20. The summed E-state index contributed by atoms with van der Waals surface area (Å²) in [6.07, 6.45) is 1.20. The molecule has 0 spiro atoms. The number of aliphatic hydroxyl groups excluding tert-OH is 1. The molecule has 88 valence electrons. The lowest BCUT2D eigenvalue weighted by atomic mass is 10.0. The van der Waals surface area contributed by atoms with E-state index in [1.54, 1.807) is 0 Å². The van der Waals surface area contributed by atoms with Gasteiger partial charge in [0.05, 0.1) is 6.61 Å². The fourth-order valence-electron chi connectivity index (χ4n) is 2.40. The Morgan fingerprint density at radius 1 is 1.38 bits per heavy atom. The third kappa shape index (κ3) is 2.76. The van der Waals surface area contributed by atoms with Gasteiger partial charge >= 0.3 is 0 Å². The Morgan fingerprint density at radius 3 is 2.69 bits per heavy atom. The van der Waals surface area contributed by atoms with E-state index in [2.05, 4.69) is 58.7 Å². The molecule has 1 aliphatic heterocycles. The van der Waals surface area contributed by atoms with Gasteiger partial charge < -0.3 is 5.11 Å².